The van der Waals surface area contributed by atoms with Gasteiger partial charge in [-0.25, -0.2) is 10.0 Å². The maximum Gasteiger partial charge on any atom is 0.578 e. The molecule has 0 radical (unpaired) electrons. The fourth-order valence-electron chi connectivity index (χ4n) is 3.12. The van der Waals surface area contributed by atoms with Crippen LogP contribution in [0.15, 0.2) is 32.9 Å². The minimum Gasteiger partial charge on any atom is -0.604 e. The van der Waals surface area contributed by atoms with Crippen molar-refractivity contribution in [3.63, 3.8) is 0 Å². The summed E-state index contributed by atoms with van der Waals surface area (Å²) in [6.45, 7) is 3.32. The highest BCUT2D eigenvalue weighted by Crippen LogP contribution is 2.50. The van der Waals surface area contributed by atoms with Crippen LogP contribution in [0.2, 0.25) is 10.0 Å². The molecule has 0 bridgehead atoms. The number of hydrazine groups is 1. The van der Waals surface area contributed by atoms with E-state index in [1.54, 1.807) is 0 Å². The first kappa shape index (κ1) is 25.4. The van der Waals surface area contributed by atoms with Gasteiger partial charge in [0.05, 0.1) is 21.3 Å². The Labute approximate surface area is 195 Å². The van der Waals surface area contributed by atoms with Crippen LogP contribution >= 0.6 is 23.2 Å². The minimum absolute atomic E-state index is 0.400. The summed E-state index contributed by atoms with van der Waals surface area (Å²) in [6, 6.07) is 1.06. The Bertz CT molecular complexity index is 1070. The van der Waals surface area contributed by atoms with Crippen molar-refractivity contribution in [1.82, 2.24) is 20.5 Å². The van der Waals surface area contributed by atoms with E-state index in [1.807, 2.05) is 0 Å². The number of anilines is 1. The van der Waals surface area contributed by atoms with Crippen molar-refractivity contribution in [2.45, 2.75) is 17.5 Å². The van der Waals surface area contributed by atoms with Crippen molar-refractivity contribution in [3.8, 4) is 0 Å². The number of rotatable bonds is 5. The van der Waals surface area contributed by atoms with Gasteiger partial charge in [0.2, 0.25) is 17.1 Å². The van der Waals surface area contributed by atoms with Gasteiger partial charge in [0, 0.05) is 0 Å². The van der Waals surface area contributed by atoms with Gasteiger partial charge >= 0.3 is 11.7 Å². The van der Waals surface area contributed by atoms with Crippen LogP contribution in [0.5, 0.6) is 0 Å². The fourth-order valence-corrected chi connectivity index (χ4v) is 4.91. The smallest absolute Gasteiger partial charge is 0.578 e. The van der Waals surface area contributed by atoms with E-state index in [2.05, 4.69) is 31.8 Å². The third kappa shape index (κ3) is 4.23. The second kappa shape index (κ2) is 8.54. The monoisotopic (exact) mass is 536 g/mol. The summed E-state index contributed by atoms with van der Waals surface area (Å²) in [4.78, 5) is 7.58. The van der Waals surface area contributed by atoms with Crippen molar-refractivity contribution in [2.24, 2.45) is 4.99 Å². The van der Waals surface area contributed by atoms with Crippen LogP contribution in [0.4, 0.5) is 32.0 Å². The van der Waals surface area contributed by atoms with E-state index in [9.17, 15) is 30.9 Å². The summed E-state index contributed by atoms with van der Waals surface area (Å²) in [5, 5.41) is 3.07. The third-order valence-electron chi connectivity index (χ3n) is 4.46. The normalized spacial score (nSPS) is 20.4. The Morgan fingerprint density at radius 2 is 1.79 bits per heavy atom. The Morgan fingerprint density at radius 1 is 1.21 bits per heavy atom. The molecule has 2 aromatic rings. The van der Waals surface area contributed by atoms with E-state index >= 15 is 0 Å². The van der Waals surface area contributed by atoms with Crippen molar-refractivity contribution in [2.75, 3.05) is 19.1 Å². The van der Waals surface area contributed by atoms with E-state index in [-0.39, 0.29) is 0 Å². The molecule has 33 heavy (non-hydrogen) atoms. The third-order valence-corrected chi connectivity index (χ3v) is 6.30. The van der Waals surface area contributed by atoms with Crippen LogP contribution in [0.1, 0.15) is 11.4 Å². The number of hydrogen-bond donors (Lipinski definition) is 1. The molecule has 1 aromatic carbocycles. The maximum atomic E-state index is 13.6. The maximum absolute atomic E-state index is 13.6. The number of hydrogen-bond acceptors (Lipinski definition) is 8. The molecule has 0 fully saturated rings. The molecule has 1 aliphatic rings. The number of aliphatic imine (C=N–C) groups is 1. The fraction of sp³-hybridized carbons (Fsp3) is 0.312. The first-order chi connectivity index (χ1) is 15.2. The number of benzene rings is 1. The van der Waals surface area contributed by atoms with Gasteiger partial charge in [0.1, 0.15) is 11.2 Å². The topological polar surface area (TPSA) is 92.8 Å². The van der Waals surface area contributed by atoms with Crippen LogP contribution in [0, 0.1) is 0 Å². The van der Waals surface area contributed by atoms with Crippen LogP contribution < -0.4 is 10.4 Å². The lowest BCUT2D eigenvalue weighted by atomic mass is 10.1. The Morgan fingerprint density at radius 3 is 2.18 bits per heavy atom. The molecule has 0 spiro atoms. The zero-order valence-corrected chi connectivity index (χ0v) is 18.8. The molecular weight excluding hydrogens is 525 g/mol. The van der Waals surface area contributed by atoms with Gasteiger partial charge < -0.3 is 9.08 Å². The number of nitrogens with one attached hydrogen (secondary N) is 1. The highest BCUT2D eigenvalue weighted by atomic mass is 35.5. The van der Waals surface area contributed by atoms with Gasteiger partial charge in [-0.2, -0.15) is 18.2 Å². The van der Waals surface area contributed by atoms with E-state index in [0.717, 1.165) is 16.3 Å². The molecule has 0 aliphatic carbocycles. The molecule has 0 saturated carbocycles. The van der Waals surface area contributed by atoms with Gasteiger partial charge in [-0.1, -0.05) is 28.4 Å². The summed E-state index contributed by atoms with van der Waals surface area (Å²) in [6.07, 6.45) is -4.01. The van der Waals surface area contributed by atoms with Gasteiger partial charge in [-0.05, 0) is 32.9 Å². The lowest BCUT2D eigenvalue weighted by molar-refractivity contribution is -0.137. The number of alkyl halides is 6. The second-order valence-corrected chi connectivity index (χ2v) is 8.82. The molecule has 0 amide bonds. The summed E-state index contributed by atoms with van der Waals surface area (Å²) in [7, 11) is 2.53. The number of nitrogens with zero attached hydrogens (tertiary/aromatic N) is 5. The van der Waals surface area contributed by atoms with Gasteiger partial charge in [0.25, 0.3) is 5.79 Å². The van der Waals surface area contributed by atoms with Crippen molar-refractivity contribution in [3.05, 3.63) is 44.9 Å². The average Bonchev–Trinajstić information content (AvgIpc) is 3.31. The van der Waals surface area contributed by atoms with E-state index in [0.29, 0.717) is 12.1 Å². The summed E-state index contributed by atoms with van der Waals surface area (Å²) in [5.41, 5.74) is -4.94. The quantitative estimate of drug-likeness (QED) is 0.346. The molecule has 17 heteroatoms. The van der Waals surface area contributed by atoms with Crippen molar-refractivity contribution < 1.29 is 35.4 Å². The largest absolute Gasteiger partial charge is 0.604 e. The number of halogens is 8. The zero-order valence-electron chi connectivity index (χ0n) is 16.4. The Balaban J connectivity index is 2.33. The summed E-state index contributed by atoms with van der Waals surface area (Å²) < 4.78 is 97.6. The molecule has 3 rings (SSSR count). The predicted molar refractivity (Wildman–Crippen MR) is 108 cm³/mol. The molecule has 8 nitrogen and oxygen atoms in total. The number of likely N-dealkylation sites (N-methyl/N-ethyl adjacent to an activating group) is 1. The highest BCUT2D eigenvalue weighted by Gasteiger charge is 2.64. The first-order valence-electron chi connectivity index (χ1n) is 8.44. The van der Waals surface area contributed by atoms with Crippen LogP contribution in [0.25, 0.3) is 5.70 Å². The van der Waals surface area contributed by atoms with Gasteiger partial charge in [0.15, 0.2) is 5.70 Å². The second-order valence-electron chi connectivity index (χ2n) is 6.59. The summed E-state index contributed by atoms with van der Waals surface area (Å²) >= 11 is 8.44. The Hall–Kier alpha value is -2.20. The van der Waals surface area contributed by atoms with E-state index in [1.165, 1.54) is 14.1 Å². The molecule has 1 aliphatic heterocycles. The Kier molecular flexibility index (Phi) is 6.58. The molecule has 180 valence electrons. The molecule has 2 unspecified atom stereocenters. The van der Waals surface area contributed by atoms with E-state index in [4.69, 9.17) is 23.2 Å². The number of aromatic nitrogens is 2. The lowest BCUT2D eigenvalue weighted by Crippen LogP contribution is -2.60. The van der Waals surface area contributed by atoms with Crippen molar-refractivity contribution in [1.29, 1.82) is 0 Å². The van der Waals surface area contributed by atoms with Crippen molar-refractivity contribution >= 4 is 52.5 Å². The first-order valence-corrected chi connectivity index (χ1v) is 10.3. The van der Waals surface area contributed by atoms with Crippen LogP contribution in [0.3, 0.4) is 0 Å². The molecule has 2 heterocycles. The van der Waals surface area contributed by atoms with Gasteiger partial charge in [-0.15, -0.1) is 13.2 Å². The predicted octanol–water partition coefficient (Wildman–Crippen LogP) is 4.27. The average molecular weight is 537 g/mol. The van der Waals surface area contributed by atoms with E-state index < -0.39 is 66.4 Å². The summed E-state index contributed by atoms with van der Waals surface area (Å²) in [5.74, 6) is -2.79. The SMILES string of the molecule is C=NC1(N(C)C)C([S+]([O-])C(F)(F)F)=C(c2ncon2)NN1c1c(Cl)cc(C(F)(F)F)cc1Cl. The van der Waals surface area contributed by atoms with Gasteiger partial charge in [-0.3, -0.25) is 10.3 Å². The minimum atomic E-state index is -5.28. The molecule has 0 saturated heterocycles. The molecule has 1 N–H and O–H groups in total. The standard InChI is InChI=1S/C16H12Cl2F6N6O2S/c1-25-15(29(2)3)12(33(31)16(22,23)24)10(13-26-6-32-28-13)27-30(15)11-8(17)4-7(5-9(11)18)14(19,20)21/h4-6,27H,1H2,2-3H3. The molecule has 2 atom stereocenters. The van der Waals surface area contributed by atoms with Crippen LogP contribution in [-0.2, 0) is 17.4 Å². The zero-order chi connectivity index (χ0) is 24.9. The van der Waals surface area contributed by atoms with Crippen LogP contribution in [-0.4, -0.2) is 51.7 Å². The highest BCUT2D eigenvalue weighted by molar-refractivity contribution is 7.96. The molecule has 1 aromatic heterocycles. The lowest BCUT2D eigenvalue weighted by Gasteiger charge is -2.41. The molecular formula is C16H12Cl2F6N6O2S.